The first-order valence-electron chi connectivity index (χ1n) is 5.87. The van der Waals surface area contributed by atoms with Gasteiger partial charge in [0.25, 0.3) is 11.8 Å². The van der Waals surface area contributed by atoms with Crippen molar-refractivity contribution in [1.82, 2.24) is 10.9 Å². The van der Waals surface area contributed by atoms with Gasteiger partial charge in [0.15, 0.2) is 0 Å². The number of hydrogen-bond acceptors (Lipinski definition) is 4. The highest BCUT2D eigenvalue weighted by atomic mass is 32.1. The Labute approximate surface area is 123 Å². The molecule has 0 aliphatic carbocycles. The molecule has 0 atom stereocenters. The summed E-state index contributed by atoms with van der Waals surface area (Å²) >= 11 is 2.72. The average Bonchev–Trinajstić information content (AvgIpc) is 3.12. The third-order valence-corrected chi connectivity index (χ3v) is 4.67. The highest BCUT2D eigenvalue weighted by Crippen LogP contribution is 2.24. The maximum atomic E-state index is 12.0. The third-order valence-electron chi connectivity index (χ3n) is 2.68. The zero-order valence-corrected chi connectivity index (χ0v) is 11.9. The fourth-order valence-electron chi connectivity index (χ4n) is 1.74. The lowest BCUT2D eigenvalue weighted by Crippen LogP contribution is -2.41. The van der Waals surface area contributed by atoms with Crippen LogP contribution in [-0.4, -0.2) is 11.8 Å². The van der Waals surface area contributed by atoms with E-state index in [0.29, 0.717) is 9.75 Å². The van der Waals surface area contributed by atoms with Crippen LogP contribution in [0, 0.1) is 0 Å². The van der Waals surface area contributed by atoms with Gasteiger partial charge in [0.2, 0.25) is 0 Å². The van der Waals surface area contributed by atoms with Crippen LogP contribution >= 0.6 is 22.7 Å². The minimum absolute atomic E-state index is 0.309. The molecule has 3 rings (SSSR count). The zero-order chi connectivity index (χ0) is 13.9. The lowest BCUT2D eigenvalue weighted by molar-refractivity contribution is 0.0851. The van der Waals surface area contributed by atoms with Gasteiger partial charge in [-0.25, -0.2) is 0 Å². The molecule has 1 aromatic carbocycles. The van der Waals surface area contributed by atoms with Crippen LogP contribution in [0.25, 0.3) is 10.1 Å². The normalized spacial score (nSPS) is 10.4. The summed E-state index contributed by atoms with van der Waals surface area (Å²) in [4.78, 5) is 24.8. The van der Waals surface area contributed by atoms with Gasteiger partial charge in [0.05, 0.1) is 9.75 Å². The van der Waals surface area contributed by atoms with Crippen molar-refractivity contribution in [1.29, 1.82) is 0 Å². The monoisotopic (exact) mass is 302 g/mol. The summed E-state index contributed by atoms with van der Waals surface area (Å²) in [5.41, 5.74) is 4.83. The Kier molecular flexibility index (Phi) is 3.49. The topological polar surface area (TPSA) is 58.2 Å². The van der Waals surface area contributed by atoms with Crippen molar-refractivity contribution in [3.05, 3.63) is 57.6 Å². The molecule has 2 amide bonds. The Morgan fingerprint density at radius 3 is 2.35 bits per heavy atom. The highest BCUT2D eigenvalue weighted by Gasteiger charge is 2.12. The number of rotatable bonds is 2. The highest BCUT2D eigenvalue weighted by molar-refractivity contribution is 7.20. The minimum Gasteiger partial charge on any atom is -0.266 e. The van der Waals surface area contributed by atoms with Gasteiger partial charge in [-0.3, -0.25) is 20.4 Å². The van der Waals surface area contributed by atoms with Gasteiger partial charge in [-0.1, -0.05) is 24.3 Å². The van der Waals surface area contributed by atoms with Crippen LogP contribution in [-0.2, 0) is 0 Å². The van der Waals surface area contributed by atoms with Gasteiger partial charge in [-0.15, -0.1) is 22.7 Å². The quantitative estimate of drug-likeness (QED) is 0.715. The summed E-state index contributed by atoms with van der Waals surface area (Å²) in [6.07, 6.45) is 0. The molecule has 6 heteroatoms. The third kappa shape index (κ3) is 2.56. The smallest absolute Gasteiger partial charge is 0.266 e. The molecule has 2 N–H and O–H groups in total. The molecule has 0 aliphatic rings. The van der Waals surface area contributed by atoms with Gasteiger partial charge in [0.1, 0.15) is 0 Å². The molecule has 4 nitrogen and oxygen atoms in total. The lowest BCUT2D eigenvalue weighted by atomic mass is 10.2. The van der Waals surface area contributed by atoms with Crippen molar-refractivity contribution >= 4 is 44.6 Å². The van der Waals surface area contributed by atoms with E-state index in [1.165, 1.54) is 22.7 Å². The summed E-state index contributed by atoms with van der Waals surface area (Å²) in [7, 11) is 0. The van der Waals surface area contributed by atoms with Crippen molar-refractivity contribution in [2.45, 2.75) is 0 Å². The molecule has 0 saturated heterocycles. The van der Waals surface area contributed by atoms with E-state index in [4.69, 9.17) is 0 Å². The van der Waals surface area contributed by atoms with E-state index >= 15 is 0 Å². The number of amides is 2. The Hall–Kier alpha value is -2.18. The first kappa shape index (κ1) is 12.8. The van der Waals surface area contributed by atoms with E-state index in [0.717, 1.165) is 10.1 Å². The summed E-state index contributed by atoms with van der Waals surface area (Å²) < 4.78 is 1.04. The van der Waals surface area contributed by atoms with Crippen LogP contribution in [0.3, 0.4) is 0 Å². The SMILES string of the molecule is O=C(NNC(=O)c1cc2ccccc2s1)c1cccs1. The van der Waals surface area contributed by atoms with Gasteiger partial charge in [0, 0.05) is 4.70 Å². The molecule has 2 heterocycles. The lowest BCUT2D eigenvalue weighted by Gasteiger charge is -2.04. The van der Waals surface area contributed by atoms with E-state index in [2.05, 4.69) is 10.9 Å². The van der Waals surface area contributed by atoms with Crippen LogP contribution < -0.4 is 10.9 Å². The molecule has 0 bridgehead atoms. The Bertz CT molecular complexity index is 729. The van der Waals surface area contributed by atoms with E-state index < -0.39 is 0 Å². The standard InChI is InChI=1S/C14H10N2O2S2/c17-13(11-6-3-7-19-11)15-16-14(18)12-8-9-4-1-2-5-10(9)20-12/h1-8H,(H,15,17)(H,16,18). The van der Waals surface area contributed by atoms with Crippen molar-refractivity contribution < 1.29 is 9.59 Å². The van der Waals surface area contributed by atoms with Crippen LogP contribution in [0.15, 0.2) is 47.8 Å². The Morgan fingerprint density at radius 1 is 0.900 bits per heavy atom. The van der Waals surface area contributed by atoms with Gasteiger partial charge >= 0.3 is 0 Å². The molecule has 100 valence electrons. The average molecular weight is 302 g/mol. The van der Waals surface area contributed by atoms with Crippen LogP contribution in [0.2, 0.25) is 0 Å². The summed E-state index contributed by atoms with van der Waals surface area (Å²) in [5.74, 6) is -0.620. The maximum absolute atomic E-state index is 12.0. The number of carbonyl (C=O) groups is 2. The number of fused-ring (bicyclic) bond motifs is 1. The number of hydrazine groups is 1. The predicted octanol–water partition coefficient (Wildman–Crippen LogP) is 3.04. The second kappa shape index (κ2) is 5.44. The van der Waals surface area contributed by atoms with Gasteiger partial charge < -0.3 is 0 Å². The predicted molar refractivity (Wildman–Crippen MR) is 81.1 cm³/mol. The Morgan fingerprint density at radius 2 is 1.65 bits per heavy atom. The van der Waals surface area contributed by atoms with E-state index in [9.17, 15) is 9.59 Å². The molecule has 20 heavy (non-hydrogen) atoms. The molecular weight excluding hydrogens is 292 g/mol. The van der Waals surface area contributed by atoms with Crippen LogP contribution in [0.4, 0.5) is 0 Å². The molecule has 0 spiro atoms. The molecule has 0 radical (unpaired) electrons. The number of benzene rings is 1. The molecule has 0 aliphatic heterocycles. The van der Waals surface area contributed by atoms with Crippen molar-refractivity contribution in [2.24, 2.45) is 0 Å². The zero-order valence-electron chi connectivity index (χ0n) is 10.3. The van der Waals surface area contributed by atoms with E-state index in [1.807, 2.05) is 35.7 Å². The second-order valence-corrected chi connectivity index (χ2v) is 6.07. The largest absolute Gasteiger partial charge is 0.279 e. The maximum Gasteiger partial charge on any atom is 0.279 e. The first-order chi connectivity index (χ1) is 9.74. The summed E-state index contributed by atoms with van der Waals surface area (Å²) in [6, 6.07) is 13.1. The fraction of sp³-hybridized carbons (Fsp3) is 0. The van der Waals surface area contributed by atoms with Crippen molar-refractivity contribution in [3.8, 4) is 0 Å². The van der Waals surface area contributed by atoms with Crippen molar-refractivity contribution in [2.75, 3.05) is 0 Å². The molecular formula is C14H10N2O2S2. The molecule has 0 fully saturated rings. The molecule has 0 saturated carbocycles. The number of nitrogens with one attached hydrogen (secondary N) is 2. The molecule has 0 unspecified atom stereocenters. The Balaban J connectivity index is 1.68. The van der Waals surface area contributed by atoms with Crippen molar-refractivity contribution in [3.63, 3.8) is 0 Å². The van der Waals surface area contributed by atoms with Crippen LogP contribution in [0.5, 0.6) is 0 Å². The minimum atomic E-state index is -0.311. The number of hydrogen-bond donors (Lipinski definition) is 2. The summed E-state index contributed by atoms with van der Waals surface area (Å²) in [6.45, 7) is 0. The van der Waals surface area contributed by atoms with E-state index in [1.54, 1.807) is 12.1 Å². The molecule has 2 aromatic heterocycles. The molecule has 3 aromatic rings. The summed E-state index contributed by atoms with van der Waals surface area (Å²) in [5, 5.41) is 2.83. The first-order valence-corrected chi connectivity index (χ1v) is 7.56. The second-order valence-electron chi connectivity index (χ2n) is 4.03. The van der Waals surface area contributed by atoms with Crippen LogP contribution in [0.1, 0.15) is 19.3 Å². The van der Waals surface area contributed by atoms with E-state index in [-0.39, 0.29) is 11.8 Å². The number of carbonyl (C=O) groups excluding carboxylic acids is 2. The van der Waals surface area contributed by atoms with Gasteiger partial charge in [-0.2, -0.15) is 0 Å². The number of thiophene rings is 2. The fourth-order valence-corrected chi connectivity index (χ4v) is 3.32. The van der Waals surface area contributed by atoms with Gasteiger partial charge in [-0.05, 0) is 29.0 Å².